The molecule has 6 heteroatoms. The highest BCUT2D eigenvalue weighted by Crippen LogP contribution is 2.34. The minimum Gasteiger partial charge on any atom is -0.454 e. The van der Waals surface area contributed by atoms with E-state index in [0.717, 1.165) is 10.9 Å². The van der Waals surface area contributed by atoms with Crippen LogP contribution in [0, 0.1) is 0 Å². The smallest absolute Gasteiger partial charge is 0.268 e. The van der Waals surface area contributed by atoms with E-state index in [2.05, 4.69) is 10.3 Å². The molecule has 1 atom stereocenters. The zero-order valence-corrected chi connectivity index (χ0v) is 13.5. The van der Waals surface area contributed by atoms with E-state index >= 15 is 0 Å². The number of H-pyrrole nitrogens is 1. The summed E-state index contributed by atoms with van der Waals surface area (Å²) < 4.78 is 10.6. The second-order valence-corrected chi connectivity index (χ2v) is 5.91. The van der Waals surface area contributed by atoms with Crippen molar-refractivity contribution in [2.24, 2.45) is 0 Å². The lowest BCUT2D eigenvalue weighted by Crippen LogP contribution is -2.29. The Morgan fingerprint density at radius 1 is 1.12 bits per heavy atom. The van der Waals surface area contributed by atoms with Crippen molar-refractivity contribution in [2.45, 2.75) is 13.0 Å². The van der Waals surface area contributed by atoms with Gasteiger partial charge in [0.25, 0.3) is 11.5 Å². The van der Waals surface area contributed by atoms with Crippen LogP contribution in [-0.2, 0) is 0 Å². The Bertz CT molecular complexity index is 1030. The van der Waals surface area contributed by atoms with Crippen LogP contribution in [0.4, 0.5) is 0 Å². The van der Waals surface area contributed by atoms with E-state index in [1.54, 1.807) is 18.2 Å². The summed E-state index contributed by atoms with van der Waals surface area (Å²) in [6.45, 7) is 2.08. The number of rotatable bonds is 3. The van der Waals surface area contributed by atoms with Crippen LogP contribution in [0.3, 0.4) is 0 Å². The molecule has 1 aromatic heterocycles. The highest BCUT2D eigenvalue weighted by Gasteiger charge is 2.18. The minimum atomic E-state index is -0.340. The van der Waals surface area contributed by atoms with Crippen LogP contribution in [0.5, 0.6) is 11.5 Å². The lowest BCUT2D eigenvalue weighted by molar-refractivity contribution is 0.0934. The average molecular weight is 336 g/mol. The standard InChI is InChI=1S/C19H16N2O4/c1-11(12-6-7-16-17(9-12)25-10-24-16)20-19(23)15-8-13-4-2-3-5-14(13)18(22)21-15/h2-9,11H,10H2,1H3,(H,20,23)(H,21,22)/t11-/m0/s1. The van der Waals surface area contributed by atoms with Gasteiger partial charge in [-0.1, -0.05) is 24.3 Å². The molecule has 0 spiro atoms. The normalized spacial score (nSPS) is 13.6. The lowest BCUT2D eigenvalue weighted by atomic mass is 10.1. The highest BCUT2D eigenvalue weighted by molar-refractivity contribution is 5.96. The summed E-state index contributed by atoms with van der Waals surface area (Å²) in [7, 11) is 0. The molecule has 126 valence electrons. The summed E-state index contributed by atoms with van der Waals surface area (Å²) in [6.07, 6.45) is 0. The van der Waals surface area contributed by atoms with Crippen LogP contribution in [-0.4, -0.2) is 17.7 Å². The Kier molecular flexibility index (Phi) is 3.65. The number of aromatic nitrogens is 1. The van der Waals surface area contributed by atoms with Crippen LogP contribution in [0.2, 0.25) is 0 Å². The van der Waals surface area contributed by atoms with Gasteiger partial charge in [0.15, 0.2) is 11.5 Å². The fourth-order valence-electron chi connectivity index (χ4n) is 2.87. The molecule has 0 bridgehead atoms. The zero-order chi connectivity index (χ0) is 17.4. The Hall–Kier alpha value is -3.28. The molecule has 0 aliphatic carbocycles. The van der Waals surface area contributed by atoms with E-state index in [0.29, 0.717) is 16.9 Å². The third-order valence-corrected chi connectivity index (χ3v) is 4.24. The van der Waals surface area contributed by atoms with Gasteiger partial charge in [-0.05, 0) is 42.1 Å². The van der Waals surface area contributed by atoms with Crippen LogP contribution in [0.15, 0.2) is 53.3 Å². The van der Waals surface area contributed by atoms with Crippen molar-refractivity contribution in [2.75, 3.05) is 6.79 Å². The molecular weight excluding hydrogens is 320 g/mol. The van der Waals surface area contributed by atoms with Crippen LogP contribution < -0.4 is 20.3 Å². The van der Waals surface area contributed by atoms with Gasteiger partial charge in [-0.15, -0.1) is 0 Å². The molecule has 0 saturated carbocycles. The predicted octanol–water partition coefficient (Wildman–Crippen LogP) is 2.75. The van der Waals surface area contributed by atoms with Crippen molar-refractivity contribution < 1.29 is 14.3 Å². The number of nitrogens with one attached hydrogen (secondary N) is 2. The first kappa shape index (κ1) is 15.3. The molecule has 1 aliphatic heterocycles. The summed E-state index contributed by atoms with van der Waals surface area (Å²) in [6, 6.07) is 14.1. The van der Waals surface area contributed by atoms with E-state index in [4.69, 9.17) is 9.47 Å². The molecule has 1 amide bonds. The summed E-state index contributed by atoms with van der Waals surface area (Å²) in [5.41, 5.74) is 0.844. The third-order valence-electron chi connectivity index (χ3n) is 4.24. The fourth-order valence-corrected chi connectivity index (χ4v) is 2.87. The van der Waals surface area contributed by atoms with Crippen molar-refractivity contribution in [3.8, 4) is 11.5 Å². The molecule has 3 aromatic rings. The van der Waals surface area contributed by atoms with Gasteiger partial charge in [0.2, 0.25) is 6.79 Å². The van der Waals surface area contributed by atoms with Crippen molar-refractivity contribution in [3.05, 3.63) is 70.1 Å². The number of hydrogen-bond donors (Lipinski definition) is 2. The SMILES string of the molecule is C[C@H](NC(=O)c1cc2ccccc2c(=O)[nH]1)c1ccc2c(c1)OCO2. The van der Waals surface area contributed by atoms with E-state index in [1.807, 2.05) is 37.3 Å². The van der Waals surface area contributed by atoms with Crippen LogP contribution in [0.25, 0.3) is 10.8 Å². The molecule has 2 heterocycles. The van der Waals surface area contributed by atoms with Crippen molar-refractivity contribution in [3.63, 3.8) is 0 Å². The molecule has 1 aliphatic rings. The Morgan fingerprint density at radius 2 is 1.92 bits per heavy atom. The first-order chi connectivity index (χ1) is 12.1. The third kappa shape index (κ3) is 2.82. The van der Waals surface area contributed by atoms with Crippen LogP contribution >= 0.6 is 0 Å². The number of pyridine rings is 1. The molecule has 0 unspecified atom stereocenters. The molecule has 6 nitrogen and oxygen atoms in total. The number of carbonyl (C=O) groups excluding carboxylic acids is 1. The van der Waals surface area contributed by atoms with Crippen LogP contribution in [0.1, 0.15) is 29.0 Å². The average Bonchev–Trinajstić information content (AvgIpc) is 3.09. The number of benzene rings is 2. The lowest BCUT2D eigenvalue weighted by Gasteiger charge is -2.15. The summed E-state index contributed by atoms with van der Waals surface area (Å²) >= 11 is 0. The highest BCUT2D eigenvalue weighted by atomic mass is 16.7. The first-order valence-corrected chi connectivity index (χ1v) is 7.94. The van der Waals surface area contributed by atoms with Crippen molar-refractivity contribution >= 4 is 16.7 Å². The molecule has 4 rings (SSSR count). The Labute approximate surface area is 143 Å². The second kappa shape index (κ2) is 5.98. The second-order valence-electron chi connectivity index (χ2n) is 5.91. The Morgan fingerprint density at radius 3 is 2.80 bits per heavy atom. The van der Waals surface area contributed by atoms with E-state index in [1.165, 1.54) is 0 Å². The predicted molar refractivity (Wildman–Crippen MR) is 93.0 cm³/mol. The molecule has 0 saturated heterocycles. The van der Waals surface area contributed by atoms with Crippen molar-refractivity contribution in [1.82, 2.24) is 10.3 Å². The number of ether oxygens (including phenoxy) is 2. The summed E-state index contributed by atoms with van der Waals surface area (Å²) in [4.78, 5) is 27.3. The van der Waals surface area contributed by atoms with Crippen molar-refractivity contribution in [1.29, 1.82) is 0 Å². The maximum absolute atomic E-state index is 12.5. The quantitative estimate of drug-likeness (QED) is 0.771. The molecular formula is C19H16N2O4. The largest absolute Gasteiger partial charge is 0.454 e. The fraction of sp³-hybridized carbons (Fsp3) is 0.158. The topological polar surface area (TPSA) is 80.4 Å². The minimum absolute atomic E-state index is 0.206. The zero-order valence-electron chi connectivity index (χ0n) is 13.5. The van der Waals surface area contributed by atoms with Gasteiger partial charge in [0.05, 0.1) is 6.04 Å². The maximum atomic E-state index is 12.5. The Balaban J connectivity index is 1.58. The summed E-state index contributed by atoms with van der Waals surface area (Å²) in [5, 5.41) is 4.18. The van der Waals surface area contributed by atoms with Gasteiger partial charge in [-0.3, -0.25) is 9.59 Å². The monoisotopic (exact) mass is 336 g/mol. The van der Waals surface area contributed by atoms with E-state index in [9.17, 15) is 9.59 Å². The number of amides is 1. The van der Waals surface area contributed by atoms with Gasteiger partial charge in [-0.25, -0.2) is 0 Å². The van der Waals surface area contributed by atoms with E-state index in [-0.39, 0.29) is 30.0 Å². The molecule has 0 radical (unpaired) electrons. The molecule has 25 heavy (non-hydrogen) atoms. The first-order valence-electron chi connectivity index (χ1n) is 7.94. The number of fused-ring (bicyclic) bond motifs is 2. The number of hydrogen-bond acceptors (Lipinski definition) is 4. The van der Waals surface area contributed by atoms with Gasteiger partial charge >= 0.3 is 0 Å². The van der Waals surface area contributed by atoms with Gasteiger partial charge < -0.3 is 19.8 Å². The maximum Gasteiger partial charge on any atom is 0.268 e. The molecule has 2 N–H and O–H groups in total. The number of aromatic amines is 1. The van der Waals surface area contributed by atoms with Gasteiger partial charge in [-0.2, -0.15) is 0 Å². The van der Waals surface area contributed by atoms with E-state index < -0.39 is 0 Å². The number of carbonyl (C=O) groups is 1. The molecule has 0 fully saturated rings. The van der Waals surface area contributed by atoms with Gasteiger partial charge in [0, 0.05) is 5.39 Å². The molecule has 2 aromatic carbocycles. The summed E-state index contributed by atoms with van der Waals surface area (Å²) in [5.74, 6) is 1.02. The van der Waals surface area contributed by atoms with Gasteiger partial charge in [0.1, 0.15) is 5.69 Å².